The molecule has 0 aliphatic heterocycles. The van der Waals surface area contributed by atoms with Crippen LogP contribution in [0.15, 0.2) is 27.6 Å². The van der Waals surface area contributed by atoms with E-state index in [0.717, 1.165) is 0 Å². The highest BCUT2D eigenvalue weighted by Crippen LogP contribution is 2.28. The van der Waals surface area contributed by atoms with Gasteiger partial charge in [-0.1, -0.05) is 0 Å². The molecule has 0 aliphatic rings. The number of aromatic amines is 1. The van der Waals surface area contributed by atoms with Gasteiger partial charge >= 0.3 is 0 Å². The Labute approximate surface area is 119 Å². The average Bonchev–Trinajstić information content (AvgIpc) is 2.64. The molecule has 0 saturated heterocycles. The number of H-pyrrole nitrogens is 1. The minimum Gasteiger partial charge on any atom is -0.399 e. The van der Waals surface area contributed by atoms with Crippen LogP contribution in [0.25, 0.3) is 0 Å². The van der Waals surface area contributed by atoms with Crippen molar-refractivity contribution in [2.45, 2.75) is 18.7 Å². The Kier molecular flexibility index (Phi) is 3.55. The molecule has 0 saturated carbocycles. The average molecular weight is 345 g/mol. The number of nitrogens with one attached hydrogen (secondary N) is 2. The molecular formula is C11H13BrN4O2S. The standard InChI is InChI=1S/C11H13BrN4O2S/c1-6-11(7(2)15-14-6)19(17,18)16-10-5-8(13)3-4-9(10)12/h3-5,16H,13H2,1-2H3,(H,14,15). The number of hydrogen-bond acceptors (Lipinski definition) is 4. The minimum atomic E-state index is -3.70. The lowest BCUT2D eigenvalue weighted by atomic mass is 10.3. The van der Waals surface area contributed by atoms with Gasteiger partial charge in [0.2, 0.25) is 0 Å². The van der Waals surface area contributed by atoms with Crippen LogP contribution in [0.2, 0.25) is 0 Å². The second-order valence-corrected chi connectivity index (χ2v) is 6.58. The van der Waals surface area contributed by atoms with E-state index < -0.39 is 10.0 Å². The van der Waals surface area contributed by atoms with Gasteiger partial charge in [-0.3, -0.25) is 9.82 Å². The molecule has 0 unspecified atom stereocenters. The van der Waals surface area contributed by atoms with Crippen LogP contribution < -0.4 is 10.5 Å². The van der Waals surface area contributed by atoms with E-state index in [2.05, 4.69) is 30.8 Å². The summed E-state index contributed by atoms with van der Waals surface area (Å²) >= 11 is 3.28. The molecule has 0 radical (unpaired) electrons. The van der Waals surface area contributed by atoms with Gasteiger partial charge < -0.3 is 5.73 Å². The third-order valence-corrected chi connectivity index (χ3v) is 4.88. The molecule has 8 heteroatoms. The van der Waals surface area contributed by atoms with E-state index in [4.69, 9.17) is 5.73 Å². The zero-order valence-corrected chi connectivity index (χ0v) is 12.8. The van der Waals surface area contributed by atoms with Crippen LogP contribution in [-0.2, 0) is 10.0 Å². The van der Waals surface area contributed by atoms with Gasteiger partial charge in [0.15, 0.2) is 0 Å². The molecule has 0 bridgehead atoms. The summed E-state index contributed by atoms with van der Waals surface area (Å²) in [4.78, 5) is 0.154. The molecule has 0 aliphatic carbocycles. The summed E-state index contributed by atoms with van der Waals surface area (Å²) in [6.07, 6.45) is 0. The van der Waals surface area contributed by atoms with Crippen LogP contribution in [0.5, 0.6) is 0 Å². The smallest absolute Gasteiger partial charge is 0.265 e. The van der Waals surface area contributed by atoms with E-state index in [1.165, 1.54) is 0 Å². The summed E-state index contributed by atoms with van der Waals surface area (Å²) in [5, 5.41) is 6.53. The Balaban J connectivity index is 2.45. The summed E-state index contributed by atoms with van der Waals surface area (Å²) in [7, 11) is -3.70. The van der Waals surface area contributed by atoms with Gasteiger partial charge in [-0.15, -0.1) is 0 Å². The molecule has 4 N–H and O–H groups in total. The van der Waals surface area contributed by atoms with Crippen molar-refractivity contribution < 1.29 is 8.42 Å². The lowest BCUT2D eigenvalue weighted by Crippen LogP contribution is -2.15. The lowest BCUT2D eigenvalue weighted by Gasteiger charge is -2.10. The predicted octanol–water partition coefficient (Wildman–Crippen LogP) is 2.17. The molecule has 0 amide bonds. The maximum absolute atomic E-state index is 12.3. The molecule has 0 atom stereocenters. The monoisotopic (exact) mass is 344 g/mol. The maximum atomic E-state index is 12.3. The van der Waals surface area contributed by atoms with E-state index in [1.807, 2.05) is 0 Å². The summed E-state index contributed by atoms with van der Waals surface area (Å²) in [5.41, 5.74) is 7.43. The van der Waals surface area contributed by atoms with Crippen LogP contribution in [0.3, 0.4) is 0 Å². The molecule has 1 aromatic heterocycles. The number of halogens is 1. The topological polar surface area (TPSA) is 101 Å². The molecule has 2 aromatic rings. The van der Waals surface area contributed by atoms with Crippen molar-refractivity contribution in [1.82, 2.24) is 10.2 Å². The third kappa shape index (κ3) is 2.74. The highest BCUT2D eigenvalue weighted by atomic mass is 79.9. The first-order valence-corrected chi connectivity index (χ1v) is 7.68. The zero-order valence-electron chi connectivity index (χ0n) is 10.4. The van der Waals surface area contributed by atoms with Crippen molar-refractivity contribution in [3.8, 4) is 0 Å². The fourth-order valence-electron chi connectivity index (χ4n) is 1.75. The Morgan fingerprint density at radius 1 is 1.37 bits per heavy atom. The Morgan fingerprint density at radius 2 is 2.05 bits per heavy atom. The van der Waals surface area contributed by atoms with Gasteiger partial charge in [-0.2, -0.15) is 5.10 Å². The maximum Gasteiger partial charge on any atom is 0.265 e. The number of hydrogen-bond donors (Lipinski definition) is 3. The molecular weight excluding hydrogens is 332 g/mol. The number of nitrogens with two attached hydrogens (primary N) is 1. The fourth-order valence-corrected chi connectivity index (χ4v) is 3.67. The van der Waals surface area contributed by atoms with Crippen molar-refractivity contribution in [2.75, 3.05) is 10.5 Å². The number of aryl methyl sites for hydroxylation is 2. The van der Waals surface area contributed by atoms with Gasteiger partial charge in [0.1, 0.15) is 4.90 Å². The van der Waals surface area contributed by atoms with E-state index in [0.29, 0.717) is 27.2 Å². The zero-order chi connectivity index (χ0) is 14.2. The molecule has 19 heavy (non-hydrogen) atoms. The molecule has 6 nitrogen and oxygen atoms in total. The molecule has 1 aromatic carbocycles. The van der Waals surface area contributed by atoms with Crippen LogP contribution in [0.4, 0.5) is 11.4 Å². The Hall–Kier alpha value is -1.54. The van der Waals surface area contributed by atoms with Crippen LogP contribution in [0, 0.1) is 13.8 Å². The second kappa shape index (κ2) is 4.86. The quantitative estimate of drug-likeness (QED) is 0.742. The number of nitrogens with zero attached hydrogens (tertiary/aromatic N) is 1. The highest BCUT2D eigenvalue weighted by Gasteiger charge is 2.23. The number of anilines is 2. The summed E-state index contributed by atoms with van der Waals surface area (Å²) in [6, 6.07) is 4.91. The van der Waals surface area contributed by atoms with E-state index in [9.17, 15) is 8.42 Å². The number of benzene rings is 1. The van der Waals surface area contributed by atoms with Crippen molar-refractivity contribution in [3.63, 3.8) is 0 Å². The predicted molar refractivity (Wildman–Crippen MR) is 77.4 cm³/mol. The van der Waals surface area contributed by atoms with Gasteiger partial charge in [-0.25, -0.2) is 8.42 Å². The first-order chi connectivity index (χ1) is 8.81. The molecule has 102 valence electrons. The number of aromatic nitrogens is 2. The van der Waals surface area contributed by atoms with E-state index >= 15 is 0 Å². The first kappa shape index (κ1) is 13.9. The lowest BCUT2D eigenvalue weighted by molar-refractivity contribution is 0.600. The van der Waals surface area contributed by atoms with Crippen molar-refractivity contribution in [1.29, 1.82) is 0 Å². The van der Waals surface area contributed by atoms with Crippen LogP contribution >= 0.6 is 15.9 Å². The summed E-state index contributed by atoms with van der Waals surface area (Å²) in [5.74, 6) is 0. The first-order valence-electron chi connectivity index (χ1n) is 5.40. The van der Waals surface area contributed by atoms with Crippen LogP contribution in [-0.4, -0.2) is 18.6 Å². The molecule has 0 spiro atoms. The van der Waals surface area contributed by atoms with Crippen molar-refractivity contribution in [3.05, 3.63) is 34.1 Å². The van der Waals surface area contributed by atoms with Gasteiger partial charge in [0.25, 0.3) is 10.0 Å². The van der Waals surface area contributed by atoms with Crippen LogP contribution in [0.1, 0.15) is 11.4 Å². The summed E-state index contributed by atoms with van der Waals surface area (Å²) < 4.78 is 27.8. The Morgan fingerprint density at radius 3 is 2.63 bits per heavy atom. The summed E-state index contributed by atoms with van der Waals surface area (Å²) in [6.45, 7) is 3.29. The normalized spacial score (nSPS) is 11.5. The largest absolute Gasteiger partial charge is 0.399 e. The van der Waals surface area contributed by atoms with E-state index in [-0.39, 0.29) is 4.90 Å². The molecule has 2 rings (SSSR count). The minimum absolute atomic E-state index is 0.154. The van der Waals surface area contributed by atoms with E-state index in [1.54, 1.807) is 32.0 Å². The molecule has 1 heterocycles. The molecule has 0 fully saturated rings. The van der Waals surface area contributed by atoms with Crippen molar-refractivity contribution >= 4 is 37.3 Å². The SMILES string of the molecule is Cc1n[nH]c(C)c1S(=O)(=O)Nc1cc(N)ccc1Br. The highest BCUT2D eigenvalue weighted by molar-refractivity contribution is 9.10. The second-order valence-electron chi connectivity index (χ2n) is 4.11. The fraction of sp³-hybridized carbons (Fsp3) is 0.182. The number of nitrogen functional groups attached to an aromatic ring is 1. The third-order valence-electron chi connectivity index (χ3n) is 2.56. The van der Waals surface area contributed by atoms with Gasteiger partial charge in [-0.05, 0) is 48.0 Å². The number of sulfonamides is 1. The Bertz CT molecular complexity index is 705. The number of rotatable bonds is 3. The van der Waals surface area contributed by atoms with Gasteiger partial charge in [0.05, 0.1) is 17.1 Å². The van der Waals surface area contributed by atoms with Gasteiger partial charge in [0, 0.05) is 10.2 Å². The van der Waals surface area contributed by atoms with Crippen molar-refractivity contribution in [2.24, 2.45) is 0 Å².